The lowest BCUT2D eigenvalue weighted by Gasteiger charge is -2.13. The Balaban J connectivity index is 1.96. The highest BCUT2D eigenvalue weighted by molar-refractivity contribution is 7.91. The second-order valence-corrected chi connectivity index (χ2v) is 9.78. The molecular weight excluding hydrogens is 453 g/mol. The van der Waals surface area contributed by atoms with Crippen LogP contribution in [0.2, 0.25) is 0 Å². The van der Waals surface area contributed by atoms with Gasteiger partial charge in [0.1, 0.15) is 11.4 Å². The number of alkyl halides is 3. The highest BCUT2D eigenvalue weighted by Gasteiger charge is 2.33. The van der Waals surface area contributed by atoms with Crippen LogP contribution in [0.3, 0.4) is 0 Å². The standard InChI is InChI=1S/C23H21F3N4O2S/c1-4-14-8-6-7-9-16(14)15-10-19(33(31,32)5-2)21(28-12-15)22-29-17-11-20(23(24,25)26)27-13-18(17)30(22)3/h6-13H,4-5H2,1-3H3. The molecule has 0 saturated heterocycles. The summed E-state index contributed by atoms with van der Waals surface area (Å²) in [7, 11) is -2.14. The number of aryl methyl sites for hydroxylation is 2. The molecule has 0 spiro atoms. The van der Waals surface area contributed by atoms with Crippen molar-refractivity contribution >= 4 is 20.9 Å². The molecule has 172 valence electrons. The van der Waals surface area contributed by atoms with E-state index < -0.39 is 21.7 Å². The molecule has 4 aromatic rings. The Morgan fingerprint density at radius 2 is 1.76 bits per heavy atom. The summed E-state index contributed by atoms with van der Waals surface area (Å²) in [4.78, 5) is 12.2. The van der Waals surface area contributed by atoms with Crippen LogP contribution in [0.5, 0.6) is 0 Å². The van der Waals surface area contributed by atoms with Gasteiger partial charge in [0, 0.05) is 18.8 Å². The van der Waals surface area contributed by atoms with Crippen LogP contribution in [0.4, 0.5) is 13.2 Å². The van der Waals surface area contributed by atoms with Crippen LogP contribution < -0.4 is 0 Å². The first-order valence-corrected chi connectivity index (χ1v) is 11.9. The molecule has 0 atom stereocenters. The fourth-order valence-electron chi connectivity index (χ4n) is 3.72. The van der Waals surface area contributed by atoms with Crippen LogP contribution in [-0.2, 0) is 29.5 Å². The minimum Gasteiger partial charge on any atom is -0.324 e. The van der Waals surface area contributed by atoms with Crippen molar-refractivity contribution in [1.29, 1.82) is 0 Å². The van der Waals surface area contributed by atoms with Crippen LogP contribution in [0.25, 0.3) is 33.7 Å². The number of sulfone groups is 1. The summed E-state index contributed by atoms with van der Waals surface area (Å²) in [5, 5.41) is 0. The molecule has 33 heavy (non-hydrogen) atoms. The van der Waals surface area contributed by atoms with Gasteiger partial charge in [0.05, 0.1) is 27.9 Å². The third-order valence-corrected chi connectivity index (χ3v) is 7.29. The minimum atomic E-state index is -4.62. The number of pyridine rings is 2. The highest BCUT2D eigenvalue weighted by atomic mass is 32.2. The molecule has 3 aromatic heterocycles. The minimum absolute atomic E-state index is 0.0178. The van der Waals surface area contributed by atoms with E-state index in [1.54, 1.807) is 19.3 Å². The van der Waals surface area contributed by atoms with Gasteiger partial charge in [0.2, 0.25) is 0 Å². The predicted octanol–water partition coefficient (Wildman–Crippen LogP) is 5.07. The molecule has 0 N–H and O–H groups in total. The van der Waals surface area contributed by atoms with Crippen molar-refractivity contribution in [2.24, 2.45) is 7.05 Å². The number of hydrogen-bond acceptors (Lipinski definition) is 5. The van der Waals surface area contributed by atoms with Gasteiger partial charge < -0.3 is 4.57 Å². The maximum absolute atomic E-state index is 13.1. The van der Waals surface area contributed by atoms with Crippen LogP contribution in [-0.4, -0.2) is 33.7 Å². The summed E-state index contributed by atoms with van der Waals surface area (Å²) in [5.41, 5.74) is 1.96. The smallest absolute Gasteiger partial charge is 0.324 e. The van der Waals surface area contributed by atoms with Crippen molar-refractivity contribution in [3.63, 3.8) is 0 Å². The molecular formula is C23H21F3N4O2S. The number of imidazole rings is 1. The zero-order valence-electron chi connectivity index (χ0n) is 18.2. The van der Waals surface area contributed by atoms with Gasteiger partial charge in [-0.3, -0.25) is 4.98 Å². The summed E-state index contributed by atoms with van der Waals surface area (Å²) < 4.78 is 66.8. The van der Waals surface area contributed by atoms with E-state index in [0.29, 0.717) is 11.1 Å². The number of aromatic nitrogens is 4. The maximum atomic E-state index is 13.1. The molecule has 0 aliphatic carbocycles. The van der Waals surface area contributed by atoms with Crippen molar-refractivity contribution in [2.75, 3.05) is 5.75 Å². The van der Waals surface area contributed by atoms with E-state index in [4.69, 9.17) is 0 Å². The molecule has 6 nitrogen and oxygen atoms in total. The van der Waals surface area contributed by atoms with E-state index in [9.17, 15) is 21.6 Å². The lowest BCUT2D eigenvalue weighted by atomic mass is 9.99. The van der Waals surface area contributed by atoms with Gasteiger partial charge in [0.25, 0.3) is 0 Å². The molecule has 0 aliphatic heterocycles. The molecule has 3 heterocycles. The van der Waals surface area contributed by atoms with Gasteiger partial charge in [-0.15, -0.1) is 0 Å². The van der Waals surface area contributed by atoms with Crippen molar-refractivity contribution < 1.29 is 21.6 Å². The molecule has 0 saturated carbocycles. The normalized spacial score (nSPS) is 12.4. The van der Waals surface area contributed by atoms with Crippen LogP contribution in [0, 0.1) is 0 Å². The Hall–Kier alpha value is -3.27. The maximum Gasteiger partial charge on any atom is 0.433 e. The molecule has 0 bridgehead atoms. The van der Waals surface area contributed by atoms with E-state index >= 15 is 0 Å². The highest BCUT2D eigenvalue weighted by Crippen LogP contribution is 2.34. The number of nitrogens with zero attached hydrogens (tertiary/aromatic N) is 4. The van der Waals surface area contributed by atoms with Crippen molar-refractivity contribution in [2.45, 2.75) is 31.3 Å². The van der Waals surface area contributed by atoms with E-state index in [2.05, 4.69) is 15.0 Å². The van der Waals surface area contributed by atoms with Gasteiger partial charge in [-0.2, -0.15) is 13.2 Å². The largest absolute Gasteiger partial charge is 0.433 e. The zero-order chi connectivity index (χ0) is 24.0. The topological polar surface area (TPSA) is 77.7 Å². The summed E-state index contributed by atoms with van der Waals surface area (Å²) in [6, 6.07) is 10.1. The van der Waals surface area contributed by atoms with Gasteiger partial charge in [-0.05, 0) is 29.7 Å². The summed E-state index contributed by atoms with van der Waals surface area (Å²) in [6.45, 7) is 3.53. The van der Waals surface area contributed by atoms with E-state index in [1.807, 2.05) is 31.2 Å². The average molecular weight is 475 g/mol. The van der Waals surface area contributed by atoms with Gasteiger partial charge in [-0.1, -0.05) is 38.1 Å². The first kappa shape index (κ1) is 22.9. The first-order valence-electron chi connectivity index (χ1n) is 10.3. The molecule has 1 aromatic carbocycles. The van der Waals surface area contributed by atoms with E-state index in [0.717, 1.165) is 29.8 Å². The Morgan fingerprint density at radius 1 is 1.03 bits per heavy atom. The molecule has 0 unspecified atom stereocenters. The molecule has 4 rings (SSSR count). The van der Waals surface area contributed by atoms with Gasteiger partial charge in [-0.25, -0.2) is 18.4 Å². The zero-order valence-corrected chi connectivity index (χ0v) is 19.0. The fraction of sp³-hybridized carbons (Fsp3) is 0.261. The summed E-state index contributed by atoms with van der Waals surface area (Å²) >= 11 is 0. The van der Waals surface area contributed by atoms with Crippen molar-refractivity contribution in [3.05, 3.63) is 60.0 Å². The number of halogens is 3. The number of hydrogen-bond donors (Lipinski definition) is 0. The SMILES string of the molecule is CCc1ccccc1-c1cnc(-c2nc3cc(C(F)(F)F)ncc3n2C)c(S(=O)(=O)CC)c1. The number of fused-ring (bicyclic) bond motifs is 1. The van der Waals surface area contributed by atoms with Gasteiger partial charge >= 0.3 is 6.18 Å². The first-order chi connectivity index (χ1) is 15.6. The Bertz CT molecular complexity index is 1460. The lowest BCUT2D eigenvalue weighted by Crippen LogP contribution is -2.09. The molecule has 0 radical (unpaired) electrons. The molecule has 0 fully saturated rings. The Kier molecular flexibility index (Phi) is 5.73. The summed E-state index contributed by atoms with van der Waals surface area (Å²) in [6.07, 6.45) is -1.21. The van der Waals surface area contributed by atoms with Gasteiger partial charge in [0.15, 0.2) is 15.7 Å². The van der Waals surface area contributed by atoms with Crippen molar-refractivity contribution in [1.82, 2.24) is 19.5 Å². The average Bonchev–Trinajstić information content (AvgIpc) is 3.13. The van der Waals surface area contributed by atoms with Crippen molar-refractivity contribution in [3.8, 4) is 22.6 Å². The molecule has 0 amide bonds. The number of benzene rings is 1. The monoisotopic (exact) mass is 474 g/mol. The lowest BCUT2D eigenvalue weighted by molar-refractivity contribution is -0.141. The Morgan fingerprint density at radius 3 is 2.42 bits per heavy atom. The third-order valence-electron chi connectivity index (χ3n) is 5.55. The molecule has 10 heteroatoms. The van der Waals surface area contributed by atoms with E-state index in [1.165, 1.54) is 11.5 Å². The third kappa shape index (κ3) is 4.10. The second-order valence-electron chi connectivity index (χ2n) is 7.54. The predicted molar refractivity (Wildman–Crippen MR) is 119 cm³/mol. The summed E-state index contributed by atoms with van der Waals surface area (Å²) in [5.74, 6) is -0.0157. The Labute approximate surface area is 189 Å². The van der Waals surface area contributed by atoms with E-state index in [-0.39, 0.29) is 27.7 Å². The second kappa shape index (κ2) is 8.26. The van der Waals surface area contributed by atoms with Crippen LogP contribution in [0.15, 0.2) is 53.7 Å². The molecule has 0 aliphatic rings. The number of rotatable bonds is 5. The quantitative estimate of drug-likeness (QED) is 0.404. The van der Waals surface area contributed by atoms with Crippen LogP contribution in [0.1, 0.15) is 25.1 Å². The van der Waals surface area contributed by atoms with Crippen LogP contribution >= 0.6 is 0 Å². The fourth-order valence-corrected chi connectivity index (χ4v) is 4.77.